The van der Waals surface area contributed by atoms with Crippen molar-refractivity contribution in [2.45, 2.75) is 12.5 Å². The summed E-state index contributed by atoms with van der Waals surface area (Å²) in [5, 5.41) is 0. The third kappa shape index (κ3) is 7.56. The summed E-state index contributed by atoms with van der Waals surface area (Å²) in [7, 11) is 2.20. The lowest BCUT2D eigenvalue weighted by Gasteiger charge is -1.90. The molecule has 0 atom stereocenters. The summed E-state index contributed by atoms with van der Waals surface area (Å²) in [4.78, 5) is 12.9. The van der Waals surface area contributed by atoms with Crippen LogP contribution in [0.15, 0.2) is 4.99 Å². The first-order valence-corrected chi connectivity index (χ1v) is 3.83. The molecule has 0 saturated carbocycles. The quantitative estimate of drug-likeness (QED) is 0.242. The van der Waals surface area contributed by atoms with E-state index in [1.807, 2.05) is 0 Å². The van der Waals surface area contributed by atoms with E-state index in [0.717, 1.165) is 12.5 Å². The van der Waals surface area contributed by atoms with E-state index in [1.54, 1.807) is 7.11 Å². The van der Waals surface area contributed by atoms with Crippen LogP contribution in [0.4, 0.5) is 0 Å². The maximum Gasteiger partial charge on any atom is 0.234 e. The number of isocyanates is 1. The van der Waals surface area contributed by atoms with Gasteiger partial charge < -0.3 is 4.43 Å². The number of carbonyl (C=O) groups excluding carboxylic acids is 1. The number of hydrogen-bond donors (Lipinski definition) is 0. The molecule has 0 aromatic rings. The fourth-order valence-corrected chi connectivity index (χ4v) is 0.885. The van der Waals surface area contributed by atoms with Crippen molar-refractivity contribution in [3.05, 3.63) is 0 Å². The average Bonchev–Trinajstić information content (AvgIpc) is 1.89. The van der Waals surface area contributed by atoms with E-state index in [2.05, 4.69) is 4.99 Å². The molecular weight excluding hydrogens is 134 g/mol. The van der Waals surface area contributed by atoms with Crippen LogP contribution in [-0.4, -0.2) is 29.5 Å². The molecule has 4 heteroatoms. The van der Waals surface area contributed by atoms with Crippen molar-refractivity contribution in [1.82, 2.24) is 0 Å². The minimum Gasteiger partial charge on any atom is -0.421 e. The van der Waals surface area contributed by atoms with Crippen LogP contribution in [0.2, 0.25) is 6.04 Å². The molecule has 0 aliphatic carbocycles. The molecule has 0 N–H and O–H groups in total. The first kappa shape index (κ1) is 8.56. The van der Waals surface area contributed by atoms with Gasteiger partial charge in [0.05, 0.1) is 6.54 Å². The molecule has 9 heavy (non-hydrogen) atoms. The van der Waals surface area contributed by atoms with Crippen molar-refractivity contribution < 1.29 is 9.22 Å². The molecule has 0 unspecified atom stereocenters. The van der Waals surface area contributed by atoms with Gasteiger partial charge in [0.15, 0.2) is 0 Å². The summed E-state index contributed by atoms with van der Waals surface area (Å²) in [6, 6.07) is 0.988. The van der Waals surface area contributed by atoms with E-state index in [-0.39, 0.29) is 0 Å². The van der Waals surface area contributed by atoms with Crippen molar-refractivity contribution in [3.63, 3.8) is 0 Å². The van der Waals surface area contributed by atoms with Gasteiger partial charge in [-0.1, -0.05) is 0 Å². The lowest BCUT2D eigenvalue weighted by molar-refractivity contribution is 0.440. The van der Waals surface area contributed by atoms with Gasteiger partial charge in [0.25, 0.3) is 0 Å². The molecule has 0 bridgehead atoms. The van der Waals surface area contributed by atoms with Gasteiger partial charge in [-0.15, -0.1) is 0 Å². The monoisotopic (exact) mass is 143 g/mol. The summed E-state index contributed by atoms with van der Waals surface area (Å²) in [6.07, 6.45) is 2.40. The number of rotatable bonds is 5. The molecule has 50 valence electrons. The van der Waals surface area contributed by atoms with Crippen LogP contribution in [0.5, 0.6) is 0 Å². The minimum atomic E-state index is 0.536. The summed E-state index contributed by atoms with van der Waals surface area (Å²) >= 11 is 0. The van der Waals surface area contributed by atoms with E-state index in [4.69, 9.17) is 4.43 Å². The third-order valence-electron chi connectivity index (χ3n) is 0.758. The minimum absolute atomic E-state index is 0.536. The summed E-state index contributed by atoms with van der Waals surface area (Å²) in [5.74, 6) is 0. The van der Waals surface area contributed by atoms with Crippen LogP contribution < -0.4 is 0 Å². The highest BCUT2D eigenvalue weighted by Gasteiger charge is 1.86. The topological polar surface area (TPSA) is 38.7 Å². The Bertz CT molecular complexity index is 101. The second-order valence-electron chi connectivity index (χ2n) is 1.43. The maximum absolute atomic E-state index is 9.52. The molecule has 0 aliphatic heterocycles. The molecule has 0 rings (SSSR count). The van der Waals surface area contributed by atoms with Crippen LogP contribution >= 0.6 is 0 Å². The van der Waals surface area contributed by atoms with Gasteiger partial charge in [0.2, 0.25) is 15.8 Å². The van der Waals surface area contributed by atoms with E-state index >= 15 is 0 Å². The highest BCUT2D eigenvalue weighted by Crippen LogP contribution is 1.87. The molecule has 0 aliphatic rings. The summed E-state index contributed by atoms with van der Waals surface area (Å²) in [6.45, 7) is 0.583. The van der Waals surface area contributed by atoms with Crippen LogP contribution in [0.1, 0.15) is 6.42 Å². The Morgan fingerprint density at radius 2 is 2.56 bits per heavy atom. The Morgan fingerprint density at radius 3 is 3.11 bits per heavy atom. The highest BCUT2D eigenvalue weighted by atomic mass is 28.2. The van der Waals surface area contributed by atoms with Gasteiger partial charge in [0.1, 0.15) is 0 Å². The summed E-state index contributed by atoms with van der Waals surface area (Å²) < 4.78 is 4.81. The van der Waals surface area contributed by atoms with Crippen LogP contribution in [-0.2, 0) is 9.22 Å². The Morgan fingerprint density at radius 1 is 1.78 bits per heavy atom. The predicted molar refractivity (Wildman–Crippen MR) is 35.2 cm³/mol. The molecule has 2 radical (unpaired) electrons. The lowest BCUT2D eigenvalue weighted by atomic mass is 10.5. The second-order valence-corrected chi connectivity index (χ2v) is 2.62. The SMILES string of the molecule is CO[Si]CCCN=C=O. The van der Waals surface area contributed by atoms with Gasteiger partial charge in [-0.3, -0.25) is 0 Å². The van der Waals surface area contributed by atoms with Crippen molar-refractivity contribution in [2.75, 3.05) is 13.7 Å². The molecule has 0 aromatic heterocycles. The van der Waals surface area contributed by atoms with Gasteiger partial charge in [0, 0.05) is 7.11 Å². The zero-order chi connectivity index (χ0) is 6.95. The smallest absolute Gasteiger partial charge is 0.234 e. The first-order valence-electron chi connectivity index (χ1n) is 2.71. The Balaban J connectivity index is 2.82. The Hall–Kier alpha value is -0.443. The molecule has 0 saturated heterocycles. The maximum atomic E-state index is 9.52. The lowest BCUT2D eigenvalue weighted by Crippen LogP contribution is -1.93. The zero-order valence-electron chi connectivity index (χ0n) is 5.39. The van der Waals surface area contributed by atoms with Crippen molar-refractivity contribution in [2.24, 2.45) is 4.99 Å². The molecule has 0 fully saturated rings. The van der Waals surface area contributed by atoms with Crippen molar-refractivity contribution in [3.8, 4) is 0 Å². The number of hydrogen-bond acceptors (Lipinski definition) is 3. The van der Waals surface area contributed by atoms with E-state index < -0.39 is 0 Å². The first-order chi connectivity index (χ1) is 4.41. The average molecular weight is 143 g/mol. The molecule has 0 aromatic carbocycles. The highest BCUT2D eigenvalue weighted by molar-refractivity contribution is 6.26. The van der Waals surface area contributed by atoms with Gasteiger partial charge >= 0.3 is 0 Å². The zero-order valence-corrected chi connectivity index (χ0v) is 6.39. The van der Waals surface area contributed by atoms with Gasteiger partial charge in [-0.2, -0.15) is 0 Å². The predicted octanol–water partition coefficient (Wildman–Crippen LogP) is 0.396. The molecule has 3 nitrogen and oxygen atoms in total. The number of nitrogens with zero attached hydrogens (tertiary/aromatic N) is 1. The van der Waals surface area contributed by atoms with Gasteiger partial charge in [-0.05, 0) is 12.5 Å². The van der Waals surface area contributed by atoms with Crippen molar-refractivity contribution >= 4 is 15.8 Å². The molecule has 0 amide bonds. The Labute approximate surface area is 57.1 Å². The standard InChI is InChI=1S/C5H9NO2Si/c1-8-9-4-2-3-6-5-7/h2-4H2,1H3. The largest absolute Gasteiger partial charge is 0.421 e. The van der Waals surface area contributed by atoms with Crippen LogP contribution in [0, 0.1) is 0 Å². The molecular formula is C5H9NO2Si. The second kappa shape index (κ2) is 7.56. The number of aliphatic imine (C=N–C) groups is 1. The van der Waals surface area contributed by atoms with Crippen LogP contribution in [0.25, 0.3) is 0 Å². The summed E-state index contributed by atoms with van der Waals surface area (Å²) in [5.41, 5.74) is 0. The normalized spacial score (nSPS) is 8.56. The molecule has 0 heterocycles. The Kier molecular flexibility index (Phi) is 7.18. The third-order valence-corrected chi connectivity index (χ3v) is 1.60. The molecule has 0 spiro atoms. The van der Waals surface area contributed by atoms with Crippen molar-refractivity contribution in [1.29, 1.82) is 0 Å². The fourth-order valence-electron chi connectivity index (χ4n) is 0.378. The van der Waals surface area contributed by atoms with E-state index in [1.165, 1.54) is 6.08 Å². The van der Waals surface area contributed by atoms with E-state index in [0.29, 0.717) is 16.3 Å². The fraction of sp³-hybridized carbons (Fsp3) is 0.800. The van der Waals surface area contributed by atoms with Gasteiger partial charge in [-0.25, -0.2) is 9.79 Å². The van der Waals surface area contributed by atoms with Crippen LogP contribution in [0.3, 0.4) is 0 Å². The van der Waals surface area contributed by atoms with E-state index in [9.17, 15) is 4.79 Å².